The zero-order chi connectivity index (χ0) is 28.1. The predicted octanol–water partition coefficient (Wildman–Crippen LogP) is 4.51. The van der Waals surface area contributed by atoms with Gasteiger partial charge in [0.15, 0.2) is 0 Å². The summed E-state index contributed by atoms with van der Waals surface area (Å²) in [5.74, 6) is 1.48. The van der Waals surface area contributed by atoms with Crippen molar-refractivity contribution in [1.29, 1.82) is 0 Å². The van der Waals surface area contributed by atoms with Crippen LogP contribution in [0, 0.1) is 0 Å². The molecule has 1 aromatic heterocycles. The van der Waals surface area contributed by atoms with E-state index in [0.717, 1.165) is 39.7 Å². The van der Waals surface area contributed by atoms with E-state index in [1.807, 2.05) is 18.2 Å². The van der Waals surface area contributed by atoms with Crippen LogP contribution in [0.25, 0.3) is 6.08 Å². The van der Waals surface area contributed by atoms with Gasteiger partial charge < -0.3 is 24.8 Å². The summed E-state index contributed by atoms with van der Waals surface area (Å²) in [7, 11) is 0. The zero-order valence-corrected chi connectivity index (χ0v) is 28.7. The number of halogens is 2. The minimum atomic E-state index is 0. The van der Waals surface area contributed by atoms with Gasteiger partial charge in [-0.15, -0.1) is 0 Å². The number of pyridine rings is 1. The molecule has 0 aliphatic rings. The molecule has 0 aliphatic carbocycles. The molecule has 3 rings (SSSR count). The Morgan fingerprint density at radius 2 is 1.05 bits per heavy atom. The van der Waals surface area contributed by atoms with Crippen LogP contribution in [0.4, 0.5) is 11.4 Å². The van der Waals surface area contributed by atoms with E-state index in [9.17, 15) is 0 Å². The summed E-state index contributed by atoms with van der Waals surface area (Å²) in [6, 6.07) is 17.0. The first-order chi connectivity index (χ1) is 18.0. The molecule has 0 amide bonds. The molecule has 0 aliphatic heterocycles. The first-order valence-corrected chi connectivity index (χ1v) is 14.0. The molecule has 1 radical (unpaired) electrons. The van der Waals surface area contributed by atoms with Crippen LogP contribution in [0.5, 0.6) is 0 Å². The topological polar surface area (TPSA) is 37.6 Å². The Kier molecular flexibility index (Phi) is 16.1. The molecule has 3 aromatic rings. The summed E-state index contributed by atoms with van der Waals surface area (Å²) in [5.41, 5.74) is 11.9. The Bertz CT molecular complexity index is 1350. The number of rotatable bonds is 9. The third kappa shape index (κ3) is 9.12. The van der Waals surface area contributed by atoms with Crippen molar-refractivity contribution in [3.8, 4) is 0 Å². The fraction of sp³-hybridized carbons (Fsp3) is 0.400. The number of nitrogens with zero attached hydrogens (tertiary/aromatic N) is 3. The molecule has 1 heterocycles. The molecule has 2 aromatic carbocycles. The first kappa shape index (κ1) is 38.8. The Hall–Kier alpha value is -2.24. The van der Waals surface area contributed by atoms with Crippen molar-refractivity contribution in [2.45, 2.75) is 92.9 Å². The van der Waals surface area contributed by atoms with E-state index in [1.165, 1.54) is 22.3 Å². The standard InChI is InChI=1S/C35H45N3.2ClH.Co/c1-12-27-19-20-30(23(6)7)35(33(27)24(8)9)37-26(11)32-18-14-17-31(38-32)25(10)36-34-28(21(2)3)15-13-16-29(34)22(4)5;;;/h12-24H,1H2,2-11H3;2*1H;/q;;;+2/p-2/b36-25+,37-26+;;;. The molecular formula is C35H45Cl2CoN3. The van der Waals surface area contributed by atoms with Crippen molar-refractivity contribution < 1.29 is 41.6 Å². The average molecular weight is 638 g/mol. The smallest absolute Gasteiger partial charge is 1.00 e. The second-order valence-corrected chi connectivity index (χ2v) is 11.4. The van der Waals surface area contributed by atoms with Crippen LogP contribution in [0.3, 0.4) is 0 Å². The second-order valence-electron chi connectivity index (χ2n) is 11.4. The van der Waals surface area contributed by atoms with Gasteiger partial charge >= 0.3 is 16.8 Å². The van der Waals surface area contributed by atoms with Gasteiger partial charge in [0.05, 0.1) is 34.2 Å². The molecule has 0 saturated carbocycles. The average Bonchev–Trinajstić information content (AvgIpc) is 2.87. The summed E-state index contributed by atoms with van der Waals surface area (Å²) in [6.07, 6.45) is 1.94. The maximum Gasteiger partial charge on any atom is 2.00 e. The van der Waals surface area contributed by atoms with Crippen molar-refractivity contribution in [2.75, 3.05) is 0 Å². The summed E-state index contributed by atoms with van der Waals surface area (Å²) in [4.78, 5) is 15.4. The van der Waals surface area contributed by atoms with Crippen LogP contribution in [0.2, 0.25) is 0 Å². The van der Waals surface area contributed by atoms with Crippen LogP contribution in [-0.4, -0.2) is 16.4 Å². The monoisotopic (exact) mass is 636 g/mol. The fourth-order valence-corrected chi connectivity index (χ4v) is 4.94. The minimum Gasteiger partial charge on any atom is -1.00 e. The number of benzene rings is 2. The van der Waals surface area contributed by atoms with Gasteiger partial charge in [-0.1, -0.05) is 104 Å². The van der Waals surface area contributed by atoms with Gasteiger partial charge in [-0.05, 0) is 77.5 Å². The number of aromatic nitrogens is 1. The van der Waals surface area contributed by atoms with Crippen LogP contribution in [-0.2, 0) is 16.8 Å². The Morgan fingerprint density at radius 1 is 0.634 bits per heavy atom. The molecule has 6 heteroatoms. The molecule has 0 atom stereocenters. The molecule has 0 N–H and O–H groups in total. The van der Waals surface area contributed by atoms with Gasteiger partial charge in [0.1, 0.15) is 0 Å². The normalized spacial score (nSPS) is 11.9. The molecule has 223 valence electrons. The van der Waals surface area contributed by atoms with E-state index < -0.39 is 0 Å². The van der Waals surface area contributed by atoms with E-state index in [0.29, 0.717) is 23.7 Å². The summed E-state index contributed by atoms with van der Waals surface area (Å²) < 4.78 is 0. The molecular weight excluding hydrogens is 592 g/mol. The van der Waals surface area contributed by atoms with Crippen molar-refractivity contribution in [2.24, 2.45) is 9.98 Å². The first-order valence-electron chi connectivity index (χ1n) is 14.0. The number of hydrogen-bond donors (Lipinski definition) is 0. The SMILES string of the molecule is C=Cc1ccc(C(C)C)c(/N=C(\C)c2cccc(/C(C)=N/c3c(C(C)C)cccc3C(C)C)n2)c1C(C)C.[Cl-].[Cl-].[Co+2]. The molecule has 0 unspecified atom stereocenters. The Balaban J connectivity index is 0.00000533. The number of para-hydroxylation sites is 1. The van der Waals surface area contributed by atoms with Gasteiger partial charge in [-0.3, -0.25) is 9.98 Å². The zero-order valence-electron chi connectivity index (χ0n) is 26.1. The van der Waals surface area contributed by atoms with Crippen molar-refractivity contribution >= 4 is 28.9 Å². The molecule has 3 nitrogen and oxygen atoms in total. The van der Waals surface area contributed by atoms with E-state index in [4.69, 9.17) is 15.0 Å². The van der Waals surface area contributed by atoms with Gasteiger partial charge in [-0.2, -0.15) is 0 Å². The number of aliphatic imine (C=N–C) groups is 2. The molecule has 0 fully saturated rings. The molecule has 0 bridgehead atoms. The van der Waals surface area contributed by atoms with Crippen LogP contribution in [0.1, 0.15) is 132 Å². The largest absolute Gasteiger partial charge is 2.00 e. The fourth-order valence-electron chi connectivity index (χ4n) is 4.94. The minimum absolute atomic E-state index is 0. The van der Waals surface area contributed by atoms with Gasteiger partial charge in [0, 0.05) is 0 Å². The van der Waals surface area contributed by atoms with Gasteiger partial charge in [0.25, 0.3) is 0 Å². The maximum atomic E-state index is 5.21. The van der Waals surface area contributed by atoms with Crippen LogP contribution >= 0.6 is 0 Å². The predicted molar refractivity (Wildman–Crippen MR) is 167 cm³/mol. The van der Waals surface area contributed by atoms with Crippen LogP contribution < -0.4 is 24.8 Å². The molecule has 0 spiro atoms. The summed E-state index contributed by atoms with van der Waals surface area (Å²) in [5, 5.41) is 0. The second kappa shape index (κ2) is 17.0. The quantitative estimate of drug-likeness (QED) is 0.319. The van der Waals surface area contributed by atoms with Crippen molar-refractivity contribution in [1.82, 2.24) is 4.98 Å². The van der Waals surface area contributed by atoms with Gasteiger partial charge in [0.2, 0.25) is 0 Å². The van der Waals surface area contributed by atoms with E-state index in [-0.39, 0.29) is 41.6 Å². The van der Waals surface area contributed by atoms with E-state index >= 15 is 0 Å². The molecule has 0 saturated heterocycles. The van der Waals surface area contributed by atoms with Crippen LogP contribution in [0.15, 0.2) is 65.1 Å². The Labute approximate surface area is 271 Å². The van der Waals surface area contributed by atoms with Crippen molar-refractivity contribution in [3.05, 3.63) is 94.3 Å². The third-order valence-electron chi connectivity index (χ3n) is 7.09. The Morgan fingerprint density at radius 3 is 1.46 bits per heavy atom. The van der Waals surface area contributed by atoms with E-state index in [1.54, 1.807) is 0 Å². The van der Waals surface area contributed by atoms with Gasteiger partial charge in [-0.25, -0.2) is 4.98 Å². The number of hydrogen-bond acceptors (Lipinski definition) is 3. The summed E-state index contributed by atoms with van der Waals surface area (Å²) >= 11 is 0. The third-order valence-corrected chi connectivity index (χ3v) is 7.09. The van der Waals surface area contributed by atoms with E-state index in [2.05, 4.69) is 112 Å². The summed E-state index contributed by atoms with van der Waals surface area (Å²) in [6.45, 7) is 26.0. The molecule has 41 heavy (non-hydrogen) atoms. The maximum absolute atomic E-state index is 5.21. The van der Waals surface area contributed by atoms with Crippen molar-refractivity contribution in [3.63, 3.8) is 0 Å².